The van der Waals surface area contributed by atoms with Crippen LogP contribution in [0.15, 0.2) is 54.7 Å². The van der Waals surface area contributed by atoms with Gasteiger partial charge in [-0.1, -0.05) is 18.2 Å². The molecule has 0 spiro atoms. The fourth-order valence-corrected chi connectivity index (χ4v) is 3.37. The molecule has 0 unspecified atom stereocenters. The highest BCUT2D eigenvalue weighted by molar-refractivity contribution is 5.85. The maximum Gasteiger partial charge on any atom is 0.0926 e. The van der Waals surface area contributed by atoms with Gasteiger partial charge in [-0.15, -0.1) is 0 Å². The molecule has 128 valence electrons. The second kappa shape index (κ2) is 6.61. The van der Waals surface area contributed by atoms with Gasteiger partial charge in [0, 0.05) is 49.3 Å². The van der Waals surface area contributed by atoms with Crippen molar-refractivity contribution in [3.8, 4) is 22.4 Å². The monoisotopic (exact) mass is 333 g/mol. The summed E-state index contributed by atoms with van der Waals surface area (Å²) in [7, 11) is 2.18. The highest BCUT2D eigenvalue weighted by atomic mass is 15.2. The molecule has 1 aromatic heterocycles. The number of H-pyrrole nitrogens is 1. The molecule has 5 heteroatoms. The van der Waals surface area contributed by atoms with E-state index in [0.717, 1.165) is 54.3 Å². The number of benzene rings is 2. The Balaban J connectivity index is 1.78. The van der Waals surface area contributed by atoms with Crippen molar-refractivity contribution < 1.29 is 0 Å². The number of hydrogen-bond donors (Lipinski definition) is 2. The number of rotatable bonds is 3. The number of nitrogens with two attached hydrogens (primary N) is 1. The maximum atomic E-state index is 6.02. The molecule has 2 aromatic carbocycles. The lowest BCUT2D eigenvalue weighted by Crippen LogP contribution is -2.44. The van der Waals surface area contributed by atoms with E-state index in [-0.39, 0.29) is 0 Å². The van der Waals surface area contributed by atoms with Crippen molar-refractivity contribution >= 4 is 11.4 Å². The molecule has 0 bridgehead atoms. The topological polar surface area (TPSA) is 61.2 Å². The number of hydrogen-bond acceptors (Lipinski definition) is 4. The van der Waals surface area contributed by atoms with Crippen LogP contribution in [0.1, 0.15) is 0 Å². The van der Waals surface area contributed by atoms with Gasteiger partial charge in [0.05, 0.1) is 5.69 Å². The van der Waals surface area contributed by atoms with Gasteiger partial charge in [0.1, 0.15) is 0 Å². The van der Waals surface area contributed by atoms with Crippen LogP contribution in [0.25, 0.3) is 22.4 Å². The second-order valence-corrected chi connectivity index (χ2v) is 6.61. The third-order valence-electron chi connectivity index (χ3n) is 4.85. The zero-order valence-electron chi connectivity index (χ0n) is 14.4. The van der Waals surface area contributed by atoms with Gasteiger partial charge in [0.25, 0.3) is 0 Å². The first-order chi connectivity index (χ1) is 12.2. The number of nitrogens with one attached hydrogen (secondary N) is 1. The van der Waals surface area contributed by atoms with E-state index in [1.165, 1.54) is 5.69 Å². The fourth-order valence-electron chi connectivity index (χ4n) is 3.37. The SMILES string of the molecule is CN1CCN(c2ccc(-c3cc[nH]n3)c(-c3cccc(N)c3)c2)CC1. The largest absolute Gasteiger partial charge is 0.399 e. The molecule has 0 atom stereocenters. The van der Waals surface area contributed by atoms with E-state index in [1.807, 2.05) is 30.5 Å². The molecule has 3 N–H and O–H groups in total. The Bertz CT molecular complexity index is 848. The average Bonchev–Trinajstić information content (AvgIpc) is 3.16. The molecule has 0 saturated carbocycles. The Kier molecular flexibility index (Phi) is 4.15. The molecule has 3 aromatic rings. The summed E-state index contributed by atoms with van der Waals surface area (Å²) >= 11 is 0. The molecule has 25 heavy (non-hydrogen) atoms. The summed E-state index contributed by atoms with van der Waals surface area (Å²) in [6.45, 7) is 4.28. The summed E-state index contributed by atoms with van der Waals surface area (Å²) in [5.41, 5.74) is 12.4. The third-order valence-corrected chi connectivity index (χ3v) is 4.85. The van der Waals surface area contributed by atoms with Gasteiger partial charge in [0.15, 0.2) is 0 Å². The summed E-state index contributed by atoms with van der Waals surface area (Å²) in [5, 5.41) is 7.28. The van der Waals surface area contributed by atoms with Crippen LogP contribution in [0, 0.1) is 0 Å². The quantitative estimate of drug-likeness (QED) is 0.723. The van der Waals surface area contributed by atoms with Crippen molar-refractivity contribution in [2.24, 2.45) is 0 Å². The van der Waals surface area contributed by atoms with Gasteiger partial charge < -0.3 is 15.5 Å². The van der Waals surface area contributed by atoms with Crippen molar-refractivity contribution in [3.05, 3.63) is 54.7 Å². The summed E-state index contributed by atoms with van der Waals surface area (Å²) in [6.07, 6.45) is 1.85. The van der Waals surface area contributed by atoms with Crippen molar-refractivity contribution in [1.29, 1.82) is 0 Å². The van der Waals surface area contributed by atoms with Gasteiger partial charge >= 0.3 is 0 Å². The molecule has 5 nitrogen and oxygen atoms in total. The molecule has 4 rings (SSSR count). The Labute approximate surface area is 148 Å². The van der Waals surface area contributed by atoms with E-state index in [4.69, 9.17) is 5.73 Å². The first kappa shape index (κ1) is 15.7. The lowest BCUT2D eigenvalue weighted by atomic mass is 9.96. The molecular formula is C20H23N5. The lowest BCUT2D eigenvalue weighted by Gasteiger charge is -2.34. The predicted molar refractivity (Wildman–Crippen MR) is 104 cm³/mol. The molecular weight excluding hydrogens is 310 g/mol. The fraction of sp³-hybridized carbons (Fsp3) is 0.250. The minimum absolute atomic E-state index is 0.774. The van der Waals surface area contributed by atoms with E-state index >= 15 is 0 Å². The maximum absolute atomic E-state index is 6.02. The average molecular weight is 333 g/mol. The molecule has 2 heterocycles. The minimum Gasteiger partial charge on any atom is -0.399 e. The number of likely N-dealkylation sites (N-methyl/N-ethyl adjacent to an activating group) is 1. The van der Waals surface area contributed by atoms with E-state index in [1.54, 1.807) is 0 Å². The summed E-state index contributed by atoms with van der Waals surface area (Å²) < 4.78 is 0. The van der Waals surface area contributed by atoms with Crippen LogP contribution < -0.4 is 10.6 Å². The van der Waals surface area contributed by atoms with Crippen LogP contribution in [0.5, 0.6) is 0 Å². The number of aromatic nitrogens is 2. The normalized spacial score (nSPS) is 15.5. The first-order valence-corrected chi connectivity index (χ1v) is 8.64. The zero-order chi connectivity index (χ0) is 17.2. The summed E-state index contributed by atoms with van der Waals surface area (Å²) in [6, 6.07) is 16.7. The van der Waals surface area contributed by atoms with E-state index in [0.29, 0.717) is 0 Å². The van der Waals surface area contributed by atoms with Gasteiger partial charge in [0.2, 0.25) is 0 Å². The Morgan fingerprint density at radius 2 is 1.80 bits per heavy atom. The van der Waals surface area contributed by atoms with Crippen molar-refractivity contribution in [2.45, 2.75) is 0 Å². The summed E-state index contributed by atoms with van der Waals surface area (Å²) in [4.78, 5) is 4.82. The molecule has 1 aliphatic heterocycles. The number of piperazine rings is 1. The predicted octanol–water partition coefficient (Wildman–Crippen LogP) is 3.08. The van der Waals surface area contributed by atoms with Gasteiger partial charge in [-0.25, -0.2) is 0 Å². The molecule has 0 radical (unpaired) electrons. The van der Waals surface area contributed by atoms with Crippen LogP contribution >= 0.6 is 0 Å². The molecule has 0 amide bonds. The van der Waals surface area contributed by atoms with Crippen LogP contribution in [0.3, 0.4) is 0 Å². The first-order valence-electron chi connectivity index (χ1n) is 8.64. The van der Waals surface area contributed by atoms with Crippen molar-refractivity contribution in [1.82, 2.24) is 15.1 Å². The standard InChI is InChI=1S/C20H23N5/c1-24-9-11-25(12-10-24)17-5-6-18(20-7-8-22-23-20)19(14-17)15-3-2-4-16(21)13-15/h2-8,13-14H,9-12,21H2,1H3,(H,22,23). The molecule has 1 fully saturated rings. The number of aromatic amines is 1. The van der Waals surface area contributed by atoms with Crippen LogP contribution in [-0.2, 0) is 0 Å². The van der Waals surface area contributed by atoms with E-state index < -0.39 is 0 Å². The Morgan fingerprint density at radius 1 is 0.960 bits per heavy atom. The van der Waals surface area contributed by atoms with Gasteiger partial charge in [-0.2, -0.15) is 5.10 Å². The Hall–Kier alpha value is -2.79. The summed E-state index contributed by atoms with van der Waals surface area (Å²) in [5.74, 6) is 0. The van der Waals surface area contributed by atoms with Gasteiger partial charge in [-0.3, -0.25) is 5.10 Å². The van der Waals surface area contributed by atoms with Crippen molar-refractivity contribution in [2.75, 3.05) is 43.9 Å². The third kappa shape index (κ3) is 3.23. The zero-order valence-corrected chi connectivity index (χ0v) is 14.4. The van der Waals surface area contributed by atoms with E-state index in [2.05, 4.69) is 51.3 Å². The highest BCUT2D eigenvalue weighted by Crippen LogP contribution is 2.35. The number of nitrogen functional groups attached to an aromatic ring is 1. The van der Waals surface area contributed by atoms with Crippen molar-refractivity contribution in [3.63, 3.8) is 0 Å². The highest BCUT2D eigenvalue weighted by Gasteiger charge is 2.17. The van der Waals surface area contributed by atoms with Gasteiger partial charge in [-0.05, 0) is 48.5 Å². The molecule has 1 aliphatic rings. The number of nitrogens with zero attached hydrogens (tertiary/aromatic N) is 3. The Morgan fingerprint density at radius 3 is 2.52 bits per heavy atom. The molecule has 0 aliphatic carbocycles. The van der Waals surface area contributed by atoms with E-state index in [9.17, 15) is 0 Å². The van der Waals surface area contributed by atoms with Crippen LogP contribution in [0.2, 0.25) is 0 Å². The number of anilines is 2. The second-order valence-electron chi connectivity index (χ2n) is 6.61. The van der Waals surface area contributed by atoms with Crippen LogP contribution in [-0.4, -0.2) is 48.3 Å². The van der Waals surface area contributed by atoms with Crippen LogP contribution in [0.4, 0.5) is 11.4 Å². The molecule has 1 saturated heterocycles. The minimum atomic E-state index is 0.774. The lowest BCUT2D eigenvalue weighted by molar-refractivity contribution is 0.313. The smallest absolute Gasteiger partial charge is 0.0926 e.